The first-order valence-corrected chi connectivity index (χ1v) is 8.33. The molecule has 2 atom stereocenters. The number of benzene rings is 1. The Balaban J connectivity index is 1.99. The zero-order chi connectivity index (χ0) is 15.2. The van der Waals surface area contributed by atoms with E-state index in [0.29, 0.717) is 12.1 Å². The van der Waals surface area contributed by atoms with Crippen molar-refractivity contribution in [3.63, 3.8) is 0 Å². The molecule has 1 aliphatic heterocycles. The molecular weight excluding hydrogens is 258 g/mol. The summed E-state index contributed by atoms with van der Waals surface area (Å²) in [5.74, 6) is 0. The summed E-state index contributed by atoms with van der Waals surface area (Å²) in [6.07, 6.45) is 1.19. The lowest BCUT2D eigenvalue weighted by atomic mass is 10.0. The highest BCUT2D eigenvalue weighted by Crippen LogP contribution is 2.18. The molecule has 2 unspecified atom stereocenters. The van der Waals surface area contributed by atoms with Crippen LogP contribution in [0.3, 0.4) is 0 Å². The Hall–Kier alpha value is -0.900. The van der Waals surface area contributed by atoms with Gasteiger partial charge >= 0.3 is 0 Å². The summed E-state index contributed by atoms with van der Waals surface area (Å²) >= 11 is 0. The standard InChI is InChI=1S/C18H31N3/c1-5-10-19-11-17-8-6-7-9-18(17)14-21-12-15(2)20(4)16(3)13-21/h6-9,15-16,19H,5,10-14H2,1-4H3. The maximum absolute atomic E-state index is 3.53. The van der Waals surface area contributed by atoms with Crippen LogP contribution in [0.25, 0.3) is 0 Å². The first-order valence-electron chi connectivity index (χ1n) is 8.33. The van der Waals surface area contributed by atoms with Crippen LogP contribution in [0.4, 0.5) is 0 Å². The molecule has 0 amide bonds. The molecule has 1 fully saturated rings. The molecule has 3 nitrogen and oxygen atoms in total. The third kappa shape index (κ3) is 4.53. The van der Waals surface area contributed by atoms with E-state index < -0.39 is 0 Å². The summed E-state index contributed by atoms with van der Waals surface area (Å²) in [6.45, 7) is 12.4. The van der Waals surface area contributed by atoms with E-state index in [9.17, 15) is 0 Å². The van der Waals surface area contributed by atoms with Crippen LogP contribution < -0.4 is 5.32 Å². The van der Waals surface area contributed by atoms with Crippen molar-refractivity contribution in [3.05, 3.63) is 35.4 Å². The van der Waals surface area contributed by atoms with Crippen LogP contribution in [0.5, 0.6) is 0 Å². The Morgan fingerprint density at radius 1 is 1.10 bits per heavy atom. The van der Waals surface area contributed by atoms with Gasteiger partial charge in [-0.2, -0.15) is 0 Å². The second kappa shape index (κ2) is 7.92. The number of rotatable bonds is 6. The van der Waals surface area contributed by atoms with Crippen molar-refractivity contribution in [3.8, 4) is 0 Å². The van der Waals surface area contributed by atoms with Crippen molar-refractivity contribution < 1.29 is 0 Å². The van der Waals surface area contributed by atoms with Crippen molar-refractivity contribution >= 4 is 0 Å². The maximum atomic E-state index is 3.53. The first kappa shape index (κ1) is 16.5. The second-order valence-corrected chi connectivity index (χ2v) is 6.50. The minimum absolute atomic E-state index is 0.638. The second-order valence-electron chi connectivity index (χ2n) is 6.50. The third-order valence-corrected chi connectivity index (χ3v) is 4.69. The fourth-order valence-electron chi connectivity index (χ4n) is 3.17. The number of hydrogen-bond acceptors (Lipinski definition) is 3. The van der Waals surface area contributed by atoms with Crippen LogP contribution in [-0.4, -0.2) is 48.6 Å². The Morgan fingerprint density at radius 2 is 1.71 bits per heavy atom. The molecule has 1 saturated heterocycles. The van der Waals surface area contributed by atoms with E-state index in [0.717, 1.165) is 32.7 Å². The van der Waals surface area contributed by atoms with Gasteiger partial charge < -0.3 is 5.32 Å². The fraction of sp³-hybridized carbons (Fsp3) is 0.667. The highest BCUT2D eigenvalue weighted by molar-refractivity contribution is 5.27. The van der Waals surface area contributed by atoms with Gasteiger partial charge in [-0.05, 0) is 45.0 Å². The largest absolute Gasteiger partial charge is 0.313 e. The van der Waals surface area contributed by atoms with Gasteiger partial charge in [0.15, 0.2) is 0 Å². The molecule has 1 aromatic rings. The molecule has 0 radical (unpaired) electrons. The molecule has 3 heteroatoms. The normalized spacial score (nSPS) is 24.4. The molecular formula is C18H31N3. The smallest absolute Gasteiger partial charge is 0.0238 e. The van der Waals surface area contributed by atoms with E-state index in [1.54, 1.807) is 0 Å². The molecule has 21 heavy (non-hydrogen) atoms. The number of piperazine rings is 1. The SMILES string of the molecule is CCCNCc1ccccc1CN1CC(C)N(C)C(C)C1. The van der Waals surface area contributed by atoms with Gasteiger partial charge in [-0.15, -0.1) is 0 Å². The predicted molar refractivity (Wildman–Crippen MR) is 90.4 cm³/mol. The molecule has 118 valence electrons. The van der Waals surface area contributed by atoms with E-state index >= 15 is 0 Å². The minimum atomic E-state index is 0.638. The number of hydrogen-bond donors (Lipinski definition) is 1. The first-order chi connectivity index (χ1) is 10.1. The van der Waals surface area contributed by atoms with E-state index in [2.05, 4.69) is 67.2 Å². The Kier molecular flexibility index (Phi) is 6.22. The predicted octanol–water partition coefficient (Wildman–Crippen LogP) is 2.71. The lowest BCUT2D eigenvalue weighted by molar-refractivity contribution is 0.0554. The average molecular weight is 289 g/mol. The highest BCUT2D eigenvalue weighted by atomic mass is 15.3. The van der Waals surface area contributed by atoms with Gasteiger partial charge in [0.2, 0.25) is 0 Å². The van der Waals surface area contributed by atoms with Crippen molar-refractivity contribution in [2.75, 3.05) is 26.7 Å². The maximum Gasteiger partial charge on any atom is 0.0238 e. The summed E-state index contributed by atoms with van der Waals surface area (Å²) in [5, 5.41) is 3.53. The molecule has 0 aliphatic carbocycles. The molecule has 1 heterocycles. The summed E-state index contributed by atoms with van der Waals surface area (Å²) in [6, 6.07) is 10.2. The van der Waals surface area contributed by atoms with Gasteiger partial charge in [0, 0.05) is 38.3 Å². The Labute approximate surface area is 130 Å². The fourth-order valence-corrected chi connectivity index (χ4v) is 3.17. The summed E-state index contributed by atoms with van der Waals surface area (Å²) in [5.41, 5.74) is 2.93. The van der Waals surface area contributed by atoms with Crippen LogP contribution in [0, 0.1) is 0 Å². The molecule has 1 aromatic carbocycles. The number of likely N-dealkylation sites (N-methyl/N-ethyl adjacent to an activating group) is 1. The van der Waals surface area contributed by atoms with E-state index in [-0.39, 0.29) is 0 Å². The van der Waals surface area contributed by atoms with Gasteiger partial charge in [0.25, 0.3) is 0 Å². The summed E-state index contributed by atoms with van der Waals surface area (Å²) in [4.78, 5) is 5.10. The van der Waals surface area contributed by atoms with Gasteiger partial charge in [-0.25, -0.2) is 0 Å². The average Bonchev–Trinajstić information content (AvgIpc) is 2.47. The summed E-state index contributed by atoms with van der Waals surface area (Å²) in [7, 11) is 2.25. The molecule has 1 aliphatic rings. The molecule has 0 aromatic heterocycles. The third-order valence-electron chi connectivity index (χ3n) is 4.69. The summed E-state index contributed by atoms with van der Waals surface area (Å²) < 4.78 is 0. The van der Waals surface area contributed by atoms with Crippen LogP contribution in [0.15, 0.2) is 24.3 Å². The quantitative estimate of drug-likeness (QED) is 0.812. The Morgan fingerprint density at radius 3 is 2.33 bits per heavy atom. The molecule has 1 N–H and O–H groups in total. The lowest BCUT2D eigenvalue weighted by Crippen LogP contribution is -2.54. The van der Waals surface area contributed by atoms with Crippen molar-refractivity contribution in [2.24, 2.45) is 0 Å². The minimum Gasteiger partial charge on any atom is -0.313 e. The van der Waals surface area contributed by atoms with Crippen molar-refractivity contribution in [1.82, 2.24) is 15.1 Å². The molecule has 0 spiro atoms. The van der Waals surface area contributed by atoms with Crippen molar-refractivity contribution in [1.29, 1.82) is 0 Å². The van der Waals surface area contributed by atoms with Gasteiger partial charge in [0.1, 0.15) is 0 Å². The monoisotopic (exact) mass is 289 g/mol. The Bertz CT molecular complexity index is 420. The van der Waals surface area contributed by atoms with Crippen LogP contribution in [0.1, 0.15) is 38.3 Å². The molecule has 2 rings (SSSR count). The van der Waals surface area contributed by atoms with Gasteiger partial charge in [0.05, 0.1) is 0 Å². The highest BCUT2D eigenvalue weighted by Gasteiger charge is 2.26. The van der Waals surface area contributed by atoms with E-state index in [1.807, 2.05) is 0 Å². The number of nitrogens with zero attached hydrogens (tertiary/aromatic N) is 2. The lowest BCUT2D eigenvalue weighted by Gasteiger charge is -2.42. The number of nitrogens with one attached hydrogen (secondary N) is 1. The van der Waals surface area contributed by atoms with E-state index in [1.165, 1.54) is 17.5 Å². The molecule has 0 bridgehead atoms. The topological polar surface area (TPSA) is 18.5 Å². The van der Waals surface area contributed by atoms with Crippen LogP contribution in [-0.2, 0) is 13.1 Å². The van der Waals surface area contributed by atoms with Gasteiger partial charge in [-0.3, -0.25) is 9.80 Å². The van der Waals surface area contributed by atoms with Crippen LogP contribution >= 0.6 is 0 Å². The molecule has 0 saturated carbocycles. The van der Waals surface area contributed by atoms with Crippen LogP contribution in [0.2, 0.25) is 0 Å². The van der Waals surface area contributed by atoms with Crippen molar-refractivity contribution in [2.45, 2.75) is 52.4 Å². The van der Waals surface area contributed by atoms with E-state index in [4.69, 9.17) is 0 Å². The zero-order valence-electron chi connectivity index (χ0n) is 14.1. The van der Waals surface area contributed by atoms with Gasteiger partial charge in [-0.1, -0.05) is 31.2 Å². The zero-order valence-corrected chi connectivity index (χ0v) is 14.1.